The molecule has 4 heterocycles. The minimum Gasteiger partial charge on any atom is -0.266 e. The second-order valence-corrected chi connectivity index (χ2v) is 9.76. The van der Waals surface area contributed by atoms with Crippen LogP contribution in [-0.2, 0) is 0 Å². The molecule has 0 spiro atoms. The molecule has 0 aliphatic carbocycles. The number of pyridine rings is 1. The molecule has 7 nitrogen and oxygen atoms in total. The number of nitrogens with zero attached hydrogens (tertiary/aromatic N) is 6. The molecule has 6 rings (SSSR count). The Labute approximate surface area is 211 Å². The molecule has 0 saturated carbocycles. The molecule has 0 bridgehead atoms. The van der Waals surface area contributed by atoms with Crippen molar-refractivity contribution in [3.63, 3.8) is 0 Å². The normalized spacial score (nSPS) is 11.8. The van der Waals surface area contributed by atoms with Gasteiger partial charge in [-0.15, -0.1) is 11.3 Å². The van der Waals surface area contributed by atoms with E-state index in [1.165, 1.54) is 27.9 Å². The monoisotopic (exact) mass is 490 g/mol. The Kier molecular flexibility index (Phi) is 5.30. The SMILES string of the molecule is Cc1ccc(-c2nn(-c3ccccc3)cc2C=Nn2cnc3c(sc4nc(C)cc(C)c43)c2=O)cc1. The molecule has 2 aromatic carbocycles. The van der Waals surface area contributed by atoms with Crippen molar-refractivity contribution >= 4 is 38.0 Å². The highest BCUT2D eigenvalue weighted by Crippen LogP contribution is 2.31. The van der Waals surface area contributed by atoms with Gasteiger partial charge in [0.2, 0.25) is 0 Å². The number of fused-ring (bicyclic) bond motifs is 3. The van der Waals surface area contributed by atoms with Gasteiger partial charge >= 0.3 is 0 Å². The van der Waals surface area contributed by atoms with Crippen molar-refractivity contribution in [2.24, 2.45) is 5.10 Å². The van der Waals surface area contributed by atoms with Gasteiger partial charge in [0.1, 0.15) is 21.6 Å². The van der Waals surface area contributed by atoms with E-state index < -0.39 is 0 Å². The molecule has 6 aromatic rings. The van der Waals surface area contributed by atoms with Crippen LogP contribution in [0.5, 0.6) is 0 Å². The molecule has 0 aliphatic heterocycles. The van der Waals surface area contributed by atoms with E-state index in [-0.39, 0.29) is 5.56 Å². The second kappa shape index (κ2) is 8.66. The van der Waals surface area contributed by atoms with Crippen molar-refractivity contribution in [3.8, 4) is 16.9 Å². The number of aromatic nitrogens is 5. The van der Waals surface area contributed by atoms with E-state index in [4.69, 9.17) is 5.10 Å². The number of benzene rings is 2. The van der Waals surface area contributed by atoms with E-state index in [1.54, 1.807) is 6.21 Å². The van der Waals surface area contributed by atoms with Gasteiger partial charge in [-0.05, 0) is 44.5 Å². The molecule has 0 aliphatic rings. The summed E-state index contributed by atoms with van der Waals surface area (Å²) in [4.78, 5) is 23.3. The summed E-state index contributed by atoms with van der Waals surface area (Å²) in [5, 5.41) is 10.3. The lowest BCUT2D eigenvalue weighted by molar-refractivity contribution is 0.819. The Bertz CT molecular complexity index is 1830. The molecule has 176 valence electrons. The first kappa shape index (κ1) is 22.1. The van der Waals surface area contributed by atoms with Crippen LogP contribution in [0.15, 0.2) is 83.1 Å². The lowest BCUT2D eigenvalue weighted by Gasteiger charge is -2.01. The van der Waals surface area contributed by atoms with E-state index in [2.05, 4.69) is 34.1 Å². The molecule has 0 fully saturated rings. The highest BCUT2D eigenvalue weighted by atomic mass is 32.1. The summed E-state index contributed by atoms with van der Waals surface area (Å²) in [5.41, 5.74) is 7.09. The minimum absolute atomic E-state index is 0.219. The summed E-state index contributed by atoms with van der Waals surface area (Å²) >= 11 is 1.36. The Morgan fingerprint density at radius 2 is 1.78 bits per heavy atom. The first-order valence-electron chi connectivity index (χ1n) is 11.5. The lowest BCUT2D eigenvalue weighted by atomic mass is 10.1. The summed E-state index contributed by atoms with van der Waals surface area (Å²) in [6.45, 7) is 6.02. The maximum atomic E-state index is 13.3. The highest BCUT2D eigenvalue weighted by Gasteiger charge is 2.15. The third-order valence-corrected chi connectivity index (χ3v) is 7.13. The lowest BCUT2D eigenvalue weighted by Crippen LogP contribution is -2.15. The fourth-order valence-electron chi connectivity index (χ4n) is 4.30. The van der Waals surface area contributed by atoms with Gasteiger partial charge in [-0.3, -0.25) is 4.79 Å². The Morgan fingerprint density at radius 1 is 1.00 bits per heavy atom. The van der Waals surface area contributed by atoms with E-state index >= 15 is 0 Å². The molecule has 0 saturated heterocycles. The van der Waals surface area contributed by atoms with Crippen molar-refractivity contribution in [2.45, 2.75) is 20.8 Å². The van der Waals surface area contributed by atoms with Gasteiger partial charge in [-0.25, -0.2) is 14.6 Å². The third-order valence-electron chi connectivity index (χ3n) is 6.07. The Morgan fingerprint density at radius 3 is 2.56 bits per heavy atom. The van der Waals surface area contributed by atoms with Crippen molar-refractivity contribution < 1.29 is 0 Å². The average Bonchev–Trinajstić information content (AvgIpc) is 3.47. The van der Waals surface area contributed by atoms with Crippen LogP contribution in [-0.4, -0.2) is 30.6 Å². The zero-order chi connectivity index (χ0) is 24.8. The molecule has 0 unspecified atom stereocenters. The quantitative estimate of drug-likeness (QED) is 0.299. The van der Waals surface area contributed by atoms with Crippen molar-refractivity contribution in [3.05, 3.63) is 106 Å². The number of para-hydroxylation sites is 1. The van der Waals surface area contributed by atoms with Crippen molar-refractivity contribution in [2.75, 3.05) is 0 Å². The first-order valence-corrected chi connectivity index (χ1v) is 12.3. The molecule has 36 heavy (non-hydrogen) atoms. The number of rotatable bonds is 4. The van der Waals surface area contributed by atoms with Gasteiger partial charge in [-0.2, -0.15) is 14.9 Å². The van der Waals surface area contributed by atoms with Gasteiger partial charge in [-0.1, -0.05) is 48.0 Å². The van der Waals surface area contributed by atoms with Crippen LogP contribution in [0.3, 0.4) is 0 Å². The fraction of sp³-hybridized carbons (Fsp3) is 0.107. The summed E-state index contributed by atoms with van der Waals surface area (Å²) in [6, 6.07) is 20.1. The predicted octanol–water partition coefficient (Wildman–Crippen LogP) is 5.67. The third kappa shape index (κ3) is 3.81. The molecule has 8 heteroatoms. The summed E-state index contributed by atoms with van der Waals surface area (Å²) in [5.74, 6) is 0. The van der Waals surface area contributed by atoms with Crippen LogP contribution < -0.4 is 5.56 Å². The molecule has 0 atom stereocenters. The van der Waals surface area contributed by atoms with Crippen molar-refractivity contribution in [1.29, 1.82) is 0 Å². The average molecular weight is 491 g/mol. The minimum atomic E-state index is -0.219. The zero-order valence-corrected chi connectivity index (χ0v) is 20.8. The molecule has 0 amide bonds. The van der Waals surface area contributed by atoms with Gasteiger partial charge in [0, 0.05) is 28.4 Å². The van der Waals surface area contributed by atoms with Gasteiger partial charge in [0.25, 0.3) is 5.56 Å². The second-order valence-electron chi connectivity index (χ2n) is 8.76. The van der Waals surface area contributed by atoms with Crippen molar-refractivity contribution in [1.82, 2.24) is 24.4 Å². The summed E-state index contributed by atoms with van der Waals surface area (Å²) in [7, 11) is 0. The summed E-state index contributed by atoms with van der Waals surface area (Å²) in [6.07, 6.45) is 5.05. The van der Waals surface area contributed by atoms with E-state index in [1.807, 2.05) is 73.3 Å². The van der Waals surface area contributed by atoms with Gasteiger partial charge in [0.05, 0.1) is 17.4 Å². The van der Waals surface area contributed by atoms with Crippen LogP contribution in [0, 0.1) is 20.8 Å². The van der Waals surface area contributed by atoms with Crippen LogP contribution in [0.2, 0.25) is 0 Å². The smallest absolute Gasteiger partial charge is 0.266 e. The van der Waals surface area contributed by atoms with Crippen LogP contribution in [0.25, 0.3) is 37.4 Å². The van der Waals surface area contributed by atoms with E-state index in [0.29, 0.717) is 10.2 Å². The fourth-order valence-corrected chi connectivity index (χ4v) is 5.47. The Balaban J connectivity index is 1.46. The predicted molar refractivity (Wildman–Crippen MR) is 145 cm³/mol. The van der Waals surface area contributed by atoms with E-state index in [9.17, 15) is 4.79 Å². The maximum absolute atomic E-state index is 13.3. The number of thiophene rings is 1. The standard InChI is InChI=1S/C28H22N6OS/c1-17-9-11-20(12-10-17)24-21(15-33(32-24)22-7-5-4-6-8-22)14-30-34-16-29-25-23-18(2)13-19(3)31-27(23)36-26(25)28(34)35/h4-16H,1-3H3. The molecular weight excluding hydrogens is 468 g/mol. The van der Waals surface area contributed by atoms with Gasteiger partial charge in [0.15, 0.2) is 0 Å². The maximum Gasteiger partial charge on any atom is 0.291 e. The largest absolute Gasteiger partial charge is 0.291 e. The molecule has 4 aromatic heterocycles. The molecule has 0 N–H and O–H groups in total. The first-order chi connectivity index (χ1) is 17.5. The number of hydrogen-bond donors (Lipinski definition) is 0. The van der Waals surface area contributed by atoms with Crippen LogP contribution >= 0.6 is 11.3 Å². The zero-order valence-electron chi connectivity index (χ0n) is 20.0. The highest BCUT2D eigenvalue weighted by molar-refractivity contribution is 7.25. The van der Waals surface area contributed by atoms with Crippen LogP contribution in [0.4, 0.5) is 0 Å². The Hall–Kier alpha value is -4.43. The topological polar surface area (TPSA) is 78.0 Å². The summed E-state index contributed by atoms with van der Waals surface area (Å²) < 4.78 is 3.65. The van der Waals surface area contributed by atoms with Crippen LogP contribution in [0.1, 0.15) is 22.4 Å². The number of hydrogen-bond acceptors (Lipinski definition) is 6. The van der Waals surface area contributed by atoms with Gasteiger partial charge < -0.3 is 0 Å². The molecular formula is C28H22N6OS. The number of aryl methyl sites for hydroxylation is 3. The van der Waals surface area contributed by atoms with E-state index in [0.717, 1.165) is 44.0 Å². The molecule has 0 radical (unpaired) electrons.